The van der Waals surface area contributed by atoms with Crippen molar-refractivity contribution in [1.82, 2.24) is 19.4 Å². The highest BCUT2D eigenvalue weighted by molar-refractivity contribution is 5.89. The number of hydrogen-bond donors (Lipinski definition) is 1. The lowest BCUT2D eigenvalue weighted by Gasteiger charge is -2.01. The summed E-state index contributed by atoms with van der Waals surface area (Å²) in [6.45, 7) is 2.01. The van der Waals surface area contributed by atoms with Gasteiger partial charge in [0.2, 0.25) is 0 Å². The van der Waals surface area contributed by atoms with E-state index in [1.807, 2.05) is 13.2 Å². The molecule has 0 unspecified atom stereocenters. The van der Waals surface area contributed by atoms with Gasteiger partial charge in [-0.25, -0.2) is 9.31 Å². The Morgan fingerprint density at radius 1 is 1.33 bits per heavy atom. The Labute approximate surface area is 120 Å². The van der Waals surface area contributed by atoms with Crippen LogP contribution in [0.15, 0.2) is 30.7 Å². The van der Waals surface area contributed by atoms with Crippen molar-refractivity contribution in [3.8, 4) is 16.9 Å². The van der Waals surface area contributed by atoms with Crippen LogP contribution in [-0.2, 0) is 11.8 Å². The standard InChI is InChI=1S/C14H14N4O3/c1-3-21-14(20)11-5-12-13(19)4-9(8-18(12)16-11)10-6-15-17(2)7-10/h4-8,19H,3H2,1-2H3. The summed E-state index contributed by atoms with van der Waals surface area (Å²) in [4.78, 5) is 11.7. The van der Waals surface area contributed by atoms with Gasteiger partial charge in [-0.05, 0) is 13.0 Å². The number of hydrogen-bond acceptors (Lipinski definition) is 5. The summed E-state index contributed by atoms with van der Waals surface area (Å²) in [5.41, 5.74) is 2.22. The Hall–Kier alpha value is -2.83. The average Bonchev–Trinajstić information content (AvgIpc) is 3.05. The molecule has 1 N–H and O–H groups in total. The maximum Gasteiger partial charge on any atom is 0.358 e. The topological polar surface area (TPSA) is 81.6 Å². The third-order valence-corrected chi connectivity index (χ3v) is 3.07. The Morgan fingerprint density at radius 2 is 2.14 bits per heavy atom. The highest BCUT2D eigenvalue weighted by Gasteiger charge is 2.15. The Morgan fingerprint density at radius 3 is 2.81 bits per heavy atom. The average molecular weight is 286 g/mol. The van der Waals surface area contributed by atoms with E-state index in [2.05, 4.69) is 10.2 Å². The molecule has 7 heteroatoms. The van der Waals surface area contributed by atoms with Gasteiger partial charge in [-0.2, -0.15) is 10.2 Å². The van der Waals surface area contributed by atoms with Gasteiger partial charge < -0.3 is 9.84 Å². The fourth-order valence-corrected chi connectivity index (χ4v) is 2.11. The second-order valence-corrected chi connectivity index (χ2v) is 4.60. The summed E-state index contributed by atoms with van der Waals surface area (Å²) in [5, 5.41) is 18.3. The van der Waals surface area contributed by atoms with E-state index in [1.165, 1.54) is 10.6 Å². The quantitative estimate of drug-likeness (QED) is 0.740. The number of fused-ring (bicyclic) bond motifs is 1. The number of aromatic nitrogens is 4. The number of aryl methyl sites for hydroxylation is 1. The summed E-state index contributed by atoms with van der Waals surface area (Å²) in [5.74, 6) is -0.470. The summed E-state index contributed by atoms with van der Waals surface area (Å²) in [6, 6.07) is 3.11. The Balaban J connectivity index is 2.09. The number of carbonyl (C=O) groups is 1. The number of rotatable bonds is 3. The first-order valence-corrected chi connectivity index (χ1v) is 6.47. The predicted molar refractivity (Wildman–Crippen MR) is 75.0 cm³/mol. The van der Waals surface area contributed by atoms with Gasteiger partial charge in [0.05, 0.1) is 12.8 Å². The molecule has 7 nitrogen and oxygen atoms in total. The first-order chi connectivity index (χ1) is 10.1. The van der Waals surface area contributed by atoms with E-state index < -0.39 is 5.97 Å². The fourth-order valence-electron chi connectivity index (χ4n) is 2.11. The molecule has 0 amide bonds. The number of nitrogens with zero attached hydrogens (tertiary/aromatic N) is 4. The Kier molecular flexibility index (Phi) is 3.09. The van der Waals surface area contributed by atoms with Gasteiger partial charge in [-0.15, -0.1) is 0 Å². The second kappa shape index (κ2) is 4.93. The monoisotopic (exact) mass is 286 g/mol. The molecule has 0 aliphatic rings. The molecule has 3 aromatic heterocycles. The van der Waals surface area contributed by atoms with E-state index >= 15 is 0 Å². The lowest BCUT2D eigenvalue weighted by atomic mass is 10.1. The van der Waals surface area contributed by atoms with Crippen LogP contribution in [0.1, 0.15) is 17.4 Å². The van der Waals surface area contributed by atoms with Crippen molar-refractivity contribution in [2.45, 2.75) is 6.92 Å². The molecule has 3 heterocycles. The molecule has 21 heavy (non-hydrogen) atoms. The van der Waals surface area contributed by atoms with Crippen molar-refractivity contribution in [3.05, 3.63) is 36.4 Å². The molecule has 0 saturated carbocycles. The van der Waals surface area contributed by atoms with Gasteiger partial charge in [0.25, 0.3) is 0 Å². The third-order valence-electron chi connectivity index (χ3n) is 3.07. The summed E-state index contributed by atoms with van der Waals surface area (Å²) >= 11 is 0. The van der Waals surface area contributed by atoms with Gasteiger partial charge in [-0.3, -0.25) is 4.68 Å². The number of esters is 1. The van der Waals surface area contributed by atoms with E-state index in [0.717, 1.165) is 11.1 Å². The van der Waals surface area contributed by atoms with Crippen molar-refractivity contribution in [1.29, 1.82) is 0 Å². The van der Waals surface area contributed by atoms with E-state index in [0.29, 0.717) is 5.52 Å². The molecule has 3 aromatic rings. The minimum atomic E-state index is -0.511. The molecule has 0 radical (unpaired) electrons. The van der Waals surface area contributed by atoms with Crippen LogP contribution in [0, 0.1) is 0 Å². The first kappa shape index (κ1) is 13.2. The molecule has 108 valence electrons. The van der Waals surface area contributed by atoms with Crippen LogP contribution in [0.4, 0.5) is 0 Å². The van der Waals surface area contributed by atoms with Gasteiger partial charge >= 0.3 is 5.97 Å². The molecule has 0 atom stereocenters. The summed E-state index contributed by atoms with van der Waals surface area (Å²) in [6.07, 6.45) is 5.25. The maximum absolute atomic E-state index is 11.7. The summed E-state index contributed by atoms with van der Waals surface area (Å²) < 4.78 is 8.04. The highest BCUT2D eigenvalue weighted by atomic mass is 16.5. The molecule has 0 aliphatic carbocycles. The lowest BCUT2D eigenvalue weighted by molar-refractivity contribution is 0.0519. The zero-order valence-electron chi connectivity index (χ0n) is 11.6. The smallest absolute Gasteiger partial charge is 0.358 e. The van der Waals surface area contributed by atoms with Gasteiger partial charge in [0.15, 0.2) is 5.69 Å². The first-order valence-electron chi connectivity index (χ1n) is 6.47. The minimum absolute atomic E-state index is 0.0411. The van der Waals surface area contributed by atoms with Crippen LogP contribution in [0.5, 0.6) is 5.75 Å². The molecule has 3 rings (SSSR count). The largest absolute Gasteiger partial charge is 0.506 e. The molecular formula is C14H14N4O3. The van der Waals surface area contributed by atoms with Crippen LogP contribution >= 0.6 is 0 Å². The zero-order valence-corrected chi connectivity index (χ0v) is 11.6. The molecule has 0 aliphatic heterocycles. The number of ether oxygens (including phenoxy) is 1. The van der Waals surface area contributed by atoms with Crippen molar-refractivity contribution in [2.75, 3.05) is 6.61 Å². The molecule has 0 aromatic carbocycles. The summed E-state index contributed by atoms with van der Waals surface area (Å²) in [7, 11) is 1.81. The Bertz CT molecular complexity index is 819. The van der Waals surface area contributed by atoms with E-state index in [-0.39, 0.29) is 18.1 Å². The number of aromatic hydroxyl groups is 1. The lowest BCUT2D eigenvalue weighted by Crippen LogP contribution is -2.05. The van der Waals surface area contributed by atoms with E-state index in [1.54, 1.807) is 30.1 Å². The molecule has 0 bridgehead atoms. The SMILES string of the molecule is CCOC(=O)c1cc2c(O)cc(-c3cnn(C)c3)cn2n1. The molecular weight excluding hydrogens is 272 g/mol. The normalized spacial score (nSPS) is 11.0. The molecule has 0 fully saturated rings. The van der Waals surface area contributed by atoms with E-state index in [4.69, 9.17) is 4.74 Å². The van der Waals surface area contributed by atoms with Crippen molar-refractivity contribution >= 4 is 11.5 Å². The number of carbonyl (C=O) groups excluding carboxylic acids is 1. The van der Waals surface area contributed by atoms with Crippen LogP contribution in [0.25, 0.3) is 16.6 Å². The number of pyridine rings is 1. The highest BCUT2D eigenvalue weighted by Crippen LogP contribution is 2.27. The van der Waals surface area contributed by atoms with Crippen molar-refractivity contribution in [2.24, 2.45) is 7.05 Å². The second-order valence-electron chi connectivity index (χ2n) is 4.60. The third kappa shape index (κ3) is 2.33. The van der Waals surface area contributed by atoms with Gasteiger partial charge in [-0.1, -0.05) is 0 Å². The van der Waals surface area contributed by atoms with Crippen LogP contribution in [-0.4, -0.2) is 37.1 Å². The maximum atomic E-state index is 11.7. The van der Waals surface area contributed by atoms with Gasteiger partial charge in [0.1, 0.15) is 11.3 Å². The minimum Gasteiger partial charge on any atom is -0.506 e. The van der Waals surface area contributed by atoms with Crippen molar-refractivity contribution in [3.63, 3.8) is 0 Å². The van der Waals surface area contributed by atoms with Crippen LogP contribution in [0.3, 0.4) is 0 Å². The molecule has 0 spiro atoms. The predicted octanol–water partition coefficient (Wildman–Crippen LogP) is 1.62. The van der Waals surface area contributed by atoms with Crippen molar-refractivity contribution < 1.29 is 14.6 Å². The fraction of sp³-hybridized carbons (Fsp3) is 0.214. The van der Waals surface area contributed by atoms with Crippen LogP contribution < -0.4 is 0 Å². The zero-order chi connectivity index (χ0) is 15.0. The van der Waals surface area contributed by atoms with Crippen LogP contribution in [0.2, 0.25) is 0 Å². The van der Waals surface area contributed by atoms with Gasteiger partial charge in [0, 0.05) is 36.6 Å². The molecule has 0 saturated heterocycles. The van der Waals surface area contributed by atoms with E-state index in [9.17, 15) is 9.90 Å².